The van der Waals surface area contributed by atoms with Crippen molar-refractivity contribution in [2.24, 2.45) is 5.92 Å². The van der Waals surface area contributed by atoms with Gasteiger partial charge >= 0.3 is 6.09 Å². The molecule has 1 aliphatic carbocycles. The molecule has 2 aliphatic rings. The Labute approximate surface area is 101 Å². The van der Waals surface area contributed by atoms with E-state index < -0.39 is 23.7 Å². The van der Waals surface area contributed by atoms with Crippen LogP contribution in [0.15, 0.2) is 0 Å². The van der Waals surface area contributed by atoms with Crippen LogP contribution < -0.4 is 5.11 Å². The summed E-state index contributed by atoms with van der Waals surface area (Å²) in [6.45, 7) is 5.31. The Hall–Kier alpha value is -1.26. The Morgan fingerprint density at radius 3 is 2.47 bits per heavy atom. The molecule has 5 nitrogen and oxygen atoms in total. The molecule has 2 rings (SSSR count). The molecule has 1 aliphatic heterocycles. The maximum absolute atomic E-state index is 12.0. The summed E-state index contributed by atoms with van der Waals surface area (Å²) in [5, 5.41) is 11.1. The van der Waals surface area contributed by atoms with Crippen LogP contribution in [0.5, 0.6) is 0 Å². The van der Waals surface area contributed by atoms with Crippen molar-refractivity contribution in [3.05, 3.63) is 0 Å². The minimum atomic E-state index is -1.16. The van der Waals surface area contributed by atoms with Crippen molar-refractivity contribution in [3.63, 3.8) is 0 Å². The quantitative estimate of drug-likeness (QED) is 0.670. The van der Waals surface area contributed by atoms with Gasteiger partial charge in [0, 0.05) is 6.04 Å². The first kappa shape index (κ1) is 12.2. The number of nitrogens with zero attached hydrogens (tertiary/aromatic N) is 1. The van der Waals surface area contributed by atoms with Crippen molar-refractivity contribution in [2.45, 2.75) is 57.7 Å². The molecule has 0 aromatic heterocycles. The van der Waals surface area contributed by atoms with E-state index in [-0.39, 0.29) is 12.0 Å². The molecular formula is C12H18NO4-. The van der Waals surface area contributed by atoms with Crippen LogP contribution in [0.3, 0.4) is 0 Å². The zero-order valence-corrected chi connectivity index (χ0v) is 10.4. The third-order valence-corrected chi connectivity index (χ3v) is 3.43. The number of aliphatic carboxylic acids is 1. The smallest absolute Gasteiger partial charge is 0.411 e. The normalized spacial score (nSPS) is 31.7. The highest BCUT2D eigenvalue weighted by Gasteiger charge is 2.49. The number of carbonyl (C=O) groups is 2. The van der Waals surface area contributed by atoms with E-state index in [0.717, 1.165) is 19.3 Å². The van der Waals surface area contributed by atoms with Crippen LogP contribution >= 0.6 is 0 Å². The van der Waals surface area contributed by atoms with Gasteiger partial charge in [-0.25, -0.2) is 4.79 Å². The molecule has 2 bridgehead atoms. The highest BCUT2D eigenvalue weighted by atomic mass is 16.6. The van der Waals surface area contributed by atoms with Crippen molar-refractivity contribution < 1.29 is 19.4 Å². The molecule has 1 heterocycles. The summed E-state index contributed by atoms with van der Waals surface area (Å²) in [5.41, 5.74) is -0.602. The average molecular weight is 240 g/mol. The minimum absolute atomic E-state index is 0.0118. The molecule has 0 aromatic carbocycles. The van der Waals surface area contributed by atoms with Gasteiger partial charge in [-0.1, -0.05) is 0 Å². The van der Waals surface area contributed by atoms with Crippen molar-refractivity contribution in [1.29, 1.82) is 0 Å². The van der Waals surface area contributed by atoms with Gasteiger partial charge in [0.1, 0.15) is 5.60 Å². The molecule has 1 saturated heterocycles. The van der Waals surface area contributed by atoms with Crippen molar-refractivity contribution in [1.82, 2.24) is 4.90 Å². The van der Waals surface area contributed by atoms with Crippen molar-refractivity contribution in [3.8, 4) is 0 Å². The Kier molecular flexibility index (Phi) is 2.79. The molecule has 17 heavy (non-hydrogen) atoms. The van der Waals surface area contributed by atoms with Gasteiger partial charge in [0.05, 0.1) is 12.0 Å². The summed E-state index contributed by atoms with van der Waals surface area (Å²) in [6, 6.07) is -0.790. The molecule has 5 heteroatoms. The molecule has 96 valence electrons. The van der Waals surface area contributed by atoms with E-state index in [2.05, 4.69) is 0 Å². The van der Waals surface area contributed by atoms with E-state index in [1.165, 1.54) is 4.90 Å². The highest BCUT2D eigenvalue weighted by Crippen LogP contribution is 2.42. The van der Waals surface area contributed by atoms with Crippen LogP contribution in [-0.2, 0) is 9.53 Å². The van der Waals surface area contributed by atoms with Crippen LogP contribution in [0.4, 0.5) is 4.79 Å². The predicted octanol–water partition coefficient (Wildman–Crippen LogP) is 0.524. The molecule has 3 atom stereocenters. The van der Waals surface area contributed by atoms with E-state index in [1.54, 1.807) is 20.8 Å². The van der Waals surface area contributed by atoms with Crippen molar-refractivity contribution >= 4 is 12.1 Å². The van der Waals surface area contributed by atoms with Crippen LogP contribution in [0.25, 0.3) is 0 Å². The molecule has 2 fully saturated rings. The molecular weight excluding hydrogens is 222 g/mol. The maximum atomic E-state index is 12.0. The van der Waals surface area contributed by atoms with Gasteiger partial charge in [0.25, 0.3) is 0 Å². The lowest BCUT2D eigenvalue weighted by atomic mass is 9.99. The number of piperidine rings is 1. The third kappa shape index (κ3) is 2.23. The van der Waals surface area contributed by atoms with Gasteiger partial charge in [-0.05, 0) is 46.0 Å². The summed E-state index contributed by atoms with van der Waals surface area (Å²) in [4.78, 5) is 24.5. The fourth-order valence-electron chi connectivity index (χ4n) is 2.87. The number of hydrogen-bond donors (Lipinski definition) is 0. The molecule has 0 unspecified atom stereocenters. The first-order valence-electron chi connectivity index (χ1n) is 6.02. The van der Waals surface area contributed by atoms with E-state index in [4.69, 9.17) is 4.74 Å². The lowest BCUT2D eigenvalue weighted by Gasteiger charge is -2.36. The van der Waals surface area contributed by atoms with Crippen LogP contribution in [0, 0.1) is 5.92 Å². The second-order valence-electron chi connectivity index (χ2n) is 5.88. The molecule has 0 spiro atoms. The Morgan fingerprint density at radius 2 is 1.94 bits per heavy atom. The summed E-state index contributed by atoms with van der Waals surface area (Å²) >= 11 is 0. The lowest BCUT2D eigenvalue weighted by Crippen LogP contribution is -2.54. The largest absolute Gasteiger partial charge is 0.548 e. The van der Waals surface area contributed by atoms with Gasteiger partial charge in [-0.15, -0.1) is 0 Å². The number of rotatable bonds is 1. The second-order valence-corrected chi connectivity index (χ2v) is 5.88. The Balaban J connectivity index is 2.14. The number of ether oxygens (including phenoxy) is 1. The van der Waals surface area contributed by atoms with Gasteiger partial charge < -0.3 is 14.6 Å². The number of carboxylic acids is 1. The highest BCUT2D eigenvalue weighted by molar-refractivity contribution is 5.80. The second kappa shape index (κ2) is 3.89. The maximum Gasteiger partial charge on any atom is 0.411 e. The Bertz CT molecular complexity index is 347. The zero-order chi connectivity index (χ0) is 12.8. The monoisotopic (exact) mass is 240 g/mol. The molecule has 1 amide bonds. The van der Waals surface area contributed by atoms with E-state index in [9.17, 15) is 14.7 Å². The summed E-state index contributed by atoms with van der Waals surface area (Å²) in [5.74, 6) is -1.12. The van der Waals surface area contributed by atoms with E-state index in [1.807, 2.05) is 0 Å². The van der Waals surface area contributed by atoms with Crippen LogP contribution in [-0.4, -0.2) is 34.6 Å². The number of likely N-dealkylation sites (tertiary alicyclic amines) is 1. The third-order valence-electron chi connectivity index (χ3n) is 3.43. The number of fused-ring (bicyclic) bond motifs is 2. The summed E-state index contributed by atoms with van der Waals surface area (Å²) in [6.07, 6.45) is 1.97. The standard InChI is InChI=1S/C12H19NO4/c1-12(2,3)17-11(16)13-8-5-4-7(6-8)9(13)10(14)15/h7-9H,4-6H2,1-3H3,(H,14,15)/p-1/t7-,8+,9-/m0/s1. The number of carbonyl (C=O) groups excluding carboxylic acids is 2. The Morgan fingerprint density at radius 1 is 1.29 bits per heavy atom. The minimum Gasteiger partial charge on any atom is -0.548 e. The van der Waals surface area contributed by atoms with Gasteiger partial charge in [-0.3, -0.25) is 4.90 Å². The summed E-state index contributed by atoms with van der Waals surface area (Å²) in [7, 11) is 0. The van der Waals surface area contributed by atoms with Gasteiger partial charge in [0.2, 0.25) is 0 Å². The molecule has 0 aromatic rings. The molecule has 0 N–H and O–H groups in total. The number of amides is 1. The average Bonchev–Trinajstić information content (AvgIpc) is 2.72. The van der Waals surface area contributed by atoms with Crippen molar-refractivity contribution in [2.75, 3.05) is 0 Å². The van der Waals surface area contributed by atoms with Crippen LogP contribution in [0.2, 0.25) is 0 Å². The number of carboxylic acid groups (broad SMARTS) is 1. The van der Waals surface area contributed by atoms with E-state index >= 15 is 0 Å². The van der Waals surface area contributed by atoms with Crippen LogP contribution in [0.1, 0.15) is 40.0 Å². The molecule has 0 radical (unpaired) electrons. The van der Waals surface area contributed by atoms with Gasteiger partial charge in [-0.2, -0.15) is 0 Å². The fourth-order valence-corrected chi connectivity index (χ4v) is 2.87. The first-order valence-corrected chi connectivity index (χ1v) is 6.02. The predicted molar refractivity (Wildman–Crippen MR) is 58.0 cm³/mol. The summed E-state index contributed by atoms with van der Waals surface area (Å²) < 4.78 is 5.25. The zero-order valence-electron chi connectivity index (χ0n) is 10.4. The first-order chi connectivity index (χ1) is 7.79. The fraction of sp³-hybridized carbons (Fsp3) is 0.833. The van der Waals surface area contributed by atoms with Gasteiger partial charge in [0.15, 0.2) is 0 Å². The molecule has 1 saturated carbocycles. The topological polar surface area (TPSA) is 69.7 Å². The lowest BCUT2D eigenvalue weighted by molar-refractivity contribution is -0.312. The van der Waals surface area contributed by atoms with E-state index in [0.29, 0.717) is 0 Å². The SMILES string of the molecule is CC(C)(C)OC(=O)N1[C@@H]2CC[C@@H](C2)[C@H]1C(=O)[O-]. The number of hydrogen-bond acceptors (Lipinski definition) is 4.